The zero-order valence-corrected chi connectivity index (χ0v) is 12.9. The molecule has 0 spiro atoms. The van der Waals surface area contributed by atoms with Gasteiger partial charge in [-0.15, -0.1) is 11.3 Å². The van der Waals surface area contributed by atoms with Crippen molar-refractivity contribution in [3.8, 4) is 0 Å². The van der Waals surface area contributed by atoms with Crippen LogP contribution in [0, 0.1) is 0 Å². The topological polar surface area (TPSA) is 42.7 Å². The molecule has 3 heterocycles. The minimum absolute atomic E-state index is 0.0713. The summed E-state index contributed by atoms with van der Waals surface area (Å²) >= 11 is 1.74. The third kappa shape index (κ3) is 3.04. The van der Waals surface area contributed by atoms with Crippen LogP contribution in [0.1, 0.15) is 35.4 Å². The highest BCUT2D eigenvalue weighted by Gasteiger charge is 2.22. The summed E-state index contributed by atoms with van der Waals surface area (Å²) in [6.45, 7) is 2.13. The molecule has 3 aromatic rings. The second-order valence-electron chi connectivity index (χ2n) is 4.99. The molecule has 0 saturated carbocycles. The highest BCUT2D eigenvalue weighted by molar-refractivity contribution is 7.10. The first-order valence-corrected chi connectivity index (χ1v) is 7.81. The number of aryl methyl sites for hydroxylation is 1. The normalized spacial score (nSPS) is 14.0. The van der Waals surface area contributed by atoms with Gasteiger partial charge in [-0.2, -0.15) is 0 Å². The van der Waals surface area contributed by atoms with Gasteiger partial charge in [0.05, 0.1) is 5.69 Å². The summed E-state index contributed by atoms with van der Waals surface area (Å²) in [5.74, 6) is 1.01. The summed E-state index contributed by atoms with van der Waals surface area (Å²) < 4.78 is 2.06. The summed E-state index contributed by atoms with van der Waals surface area (Å²) in [6, 6.07) is 10.4. The number of imidazole rings is 1. The molecule has 0 aromatic carbocycles. The second-order valence-corrected chi connectivity index (χ2v) is 5.97. The van der Waals surface area contributed by atoms with Crippen LogP contribution in [0.25, 0.3) is 0 Å². The van der Waals surface area contributed by atoms with E-state index in [1.54, 1.807) is 11.3 Å². The van der Waals surface area contributed by atoms with E-state index in [1.165, 1.54) is 4.88 Å². The van der Waals surface area contributed by atoms with Crippen molar-refractivity contribution in [3.05, 3.63) is 70.7 Å². The molecule has 0 fully saturated rings. The fraction of sp³-hybridized carbons (Fsp3) is 0.250. The van der Waals surface area contributed by atoms with E-state index in [4.69, 9.17) is 0 Å². The van der Waals surface area contributed by atoms with Gasteiger partial charge < -0.3 is 4.57 Å². The van der Waals surface area contributed by atoms with E-state index in [9.17, 15) is 0 Å². The van der Waals surface area contributed by atoms with Crippen molar-refractivity contribution in [1.82, 2.24) is 19.9 Å². The average Bonchev–Trinajstić information content (AvgIpc) is 3.17. The Hall–Kier alpha value is -1.98. The van der Waals surface area contributed by atoms with Crippen LogP contribution < -0.4 is 5.32 Å². The predicted molar refractivity (Wildman–Crippen MR) is 85.2 cm³/mol. The highest BCUT2D eigenvalue weighted by atomic mass is 32.1. The fourth-order valence-corrected chi connectivity index (χ4v) is 3.14. The van der Waals surface area contributed by atoms with Gasteiger partial charge >= 0.3 is 0 Å². The first-order valence-electron chi connectivity index (χ1n) is 6.93. The standard InChI is InChI=1S/C16H18N4S/c1-12(13-6-3-4-8-17-13)19-15(14-7-5-11-21-14)16-18-9-10-20(16)2/h3-12,15,19H,1-2H3/t12-,15?/m1/s1. The van der Waals surface area contributed by atoms with Crippen LogP contribution >= 0.6 is 11.3 Å². The van der Waals surface area contributed by atoms with Crippen molar-refractivity contribution in [2.45, 2.75) is 19.0 Å². The van der Waals surface area contributed by atoms with Crippen LogP contribution in [-0.4, -0.2) is 14.5 Å². The first-order chi connectivity index (χ1) is 10.3. The molecule has 4 nitrogen and oxygen atoms in total. The monoisotopic (exact) mass is 298 g/mol. The van der Waals surface area contributed by atoms with Crippen LogP contribution in [-0.2, 0) is 7.05 Å². The van der Waals surface area contributed by atoms with Gasteiger partial charge in [0.2, 0.25) is 0 Å². The lowest BCUT2D eigenvalue weighted by Crippen LogP contribution is -2.27. The van der Waals surface area contributed by atoms with E-state index in [0.29, 0.717) is 0 Å². The van der Waals surface area contributed by atoms with Crippen molar-refractivity contribution in [3.63, 3.8) is 0 Å². The number of thiophene rings is 1. The van der Waals surface area contributed by atoms with Gasteiger partial charge in [-0.3, -0.25) is 10.3 Å². The largest absolute Gasteiger partial charge is 0.336 e. The molecule has 1 N–H and O–H groups in total. The van der Waals surface area contributed by atoms with Gasteiger partial charge in [-0.25, -0.2) is 4.98 Å². The summed E-state index contributed by atoms with van der Waals surface area (Å²) in [4.78, 5) is 10.2. The van der Waals surface area contributed by atoms with Crippen LogP contribution in [0.15, 0.2) is 54.3 Å². The Balaban J connectivity index is 1.89. The highest BCUT2D eigenvalue weighted by Crippen LogP contribution is 2.27. The molecule has 0 aliphatic carbocycles. The zero-order chi connectivity index (χ0) is 14.7. The van der Waals surface area contributed by atoms with Crippen molar-refractivity contribution in [2.24, 2.45) is 7.05 Å². The van der Waals surface area contributed by atoms with Crippen LogP contribution in [0.5, 0.6) is 0 Å². The molecular weight excluding hydrogens is 280 g/mol. The third-order valence-electron chi connectivity index (χ3n) is 3.49. The first kappa shape index (κ1) is 14.0. The van der Waals surface area contributed by atoms with Crippen LogP contribution in [0.4, 0.5) is 0 Å². The van der Waals surface area contributed by atoms with Gasteiger partial charge in [-0.05, 0) is 30.5 Å². The summed E-state index contributed by atoms with van der Waals surface area (Å²) in [7, 11) is 2.02. The number of hydrogen-bond donors (Lipinski definition) is 1. The van der Waals surface area contributed by atoms with E-state index in [-0.39, 0.29) is 12.1 Å². The maximum absolute atomic E-state index is 4.51. The van der Waals surface area contributed by atoms with Gasteiger partial charge in [0.1, 0.15) is 11.9 Å². The van der Waals surface area contributed by atoms with Gasteiger partial charge in [0, 0.05) is 36.6 Å². The molecule has 108 valence electrons. The zero-order valence-electron chi connectivity index (χ0n) is 12.1. The summed E-state index contributed by atoms with van der Waals surface area (Å²) in [5.41, 5.74) is 1.04. The van der Waals surface area contributed by atoms with E-state index in [0.717, 1.165) is 11.5 Å². The maximum Gasteiger partial charge on any atom is 0.131 e. The van der Waals surface area contributed by atoms with E-state index in [2.05, 4.69) is 44.3 Å². The summed E-state index contributed by atoms with van der Waals surface area (Å²) in [6.07, 6.45) is 5.64. The average molecular weight is 298 g/mol. The molecule has 0 radical (unpaired) electrons. The lowest BCUT2D eigenvalue weighted by atomic mass is 10.1. The SMILES string of the molecule is C[C@@H](NC(c1cccs1)c1nccn1C)c1ccccn1. The Morgan fingerprint density at radius 3 is 2.67 bits per heavy atom. The minimum Gasteiger partial charge on any atom is -0.336 e. The second kappa shape index (κ2) is 6.20. The number of nitrogens with one attached hydrogen (secondary N) is 1. The molecule has 0 saturated heterocycles. The van der Waals surface area contributed by atoms with E-state index < -0.39 is 0 Å². The number of aromatic nitrogens is 3. The quantitative estimate of drug-likeness (QED) is 0.786. The van der Waals surface area contributed by atoms with Gasteiger partial charge in [-0.1, -0.05) is 12.1 Å². The molecule has 0 aliphatic heterocycles. The molecule has 3 rings (SSSR count). The Morgan fingerprint density at radius 2 is 2.05 bits per heavy atom. The smallest absolute Gasteiger partial charge is 0.131 e. The molecule has 1 unspecified atom stereocenters. The van der Waals surface area contributed by atoms with Crippen molar-refractivity contribution >= 4 is 11.3 Å². The van der Waals surface area contributed by atoms with Crippen LogP contribution in [0.3, 0.4) is 0 Å². The Bertz CT molecular complexity index is 675. The Kier molecular flexibility index (Phi) is 4.13. The third-order valence-corrected chi connectivity index (χ3v) is 4.43. The number of hydrogen-bond acceptors (Lipinski definition) is 4. The van der Waals surface area contributed by atoms with Crippen molar-refractivity contribution in [2.75, 3.05) is 0 Å². The minimum atomic E-state index is 0.0713. The molecule has 2 atom stereocenters. The Labute approximate surface area is 128 Å². The predicted octanol–water partition coefficient (Wildman–Crippen LogP) is 3.32. The van der Waals surface area contributed by atoms with Crippen molar-refractivity contribution in [1.29, 1.82) is 0 Å². The molecule has 21 heavy (non-hydrogen) atoms. The lowest BCUT2D eigenvalue weighted by Gasteiger charge is -2.22. The summed E-state index contributed by atoms with van der Waals surface area (Å²) in [5, 5.41) is 5.74. The van der Waals surface area contributed by atoms with E-state index in [1.807, 2.05) is 43.8 Å². The van der Waals surface area contributed by atoms with Gasteiger partial charge in [0.25, 0.3) is 0 Å². The van der Waals surface area contributed by atoms with Crippen molar-refractivity contribution < 1.29 is 0 Å². The molecule has 5 heteroatoms. The Morgan fingerprint density at radius 1 is 1.14 bits per heavy atom. The molecule has 0 aliphatic rings. The lowest BCUT2D eigenvalue weighted by molar-refractivity contribution is 0.486. The maximum atomic E-state index is 4.51. The van der Waals surface area contributed by atoms with Gasteiger partial charge in [0.15, 0.2) is 0 Å². The number of rotatable bonds is 5. The number of nitrogens with zero attached hydrogens (tertiary/aromatic N) is 3. The molecular formula is C16H18N4S. The fourth-order valence-electron chi connectivity index (χ4n) is 2.36. The van der Waals surface area contributed by atoms with Crippen LogP contribution in [0.2, 0.25) is 0 Å². The molecule has 3 aromatic heterocycles. The molecule has 0 amide bonds. The van der Waals surface area contributed by atoms with E-state index >= 15 is 0 Å². The molecule has 0 bridgehead atoms. The number of pyridine rings is 1.